The molecule has 0 heterocycles. The fourth-order valence-corrected chi connectivity index (χ4v) is 2.56. The molecule has 0 bridgehead atoms. The molecule has 18 heavy (non-hydrogen) atoms. The third-order valence-electron chi connectivity index (χ3n) is 2.34. The Morgan fingerprint density at radius 2 is 1.89 bits per heavy atom. The molecule has 1 atom stereocenters. The van der Waals surface area contributed by atoms with Gasteiger partial charge in [0.1, 0.15) is 6.04 Å². The van der Waals surface area contributed by atoms with Crippen molar-refractivity contribution in [3.63, 3.8) is 0 Å². The summed E-state index contributed by atoms with van der Waals surface area (Å²) in [6.07, 6.45) is -0.180. The molecule has 0 aliphatic rings. The first-order valence-corrected chi connectivity index (χ1v) is 6.78. The van der Waals surface area contributed by atoms with Crippen LogP contribution < -0.4 is 4.72 Å². The second-order valence-electron chi connectivity index (χ2n) is 3.84. The maximum atomic E-state index is 11.9. The maximum Gasteiger partial charge on any atom is 0.321 e. The Labute approximate surface area is 105 Å². The van der Waals surface area contributed by atoms with Crippen LogP contribution in [0, 0.1) is 6.92 Å². The van der Waals surface area contributed by atoms with E-state index in [0.717, 1.165) is 5.56 Å². The third-order valence-corrected chi connectivity index (χ3v) is 3.83. The van der Waals surface area contributed by atoms with Crippen LogP contribution in [0.3, 0.4) is 0 Å². The fraction of sp³-hybridized carbons (Fsp3) is 0.364. The van der Waals surface area contributed by atoms with E-state index >= 15 is 0 Å². The molecular weight excluding hydrogens is 258 g/mol. The van der Waals surface area contributed by atoms with Gasteiger partial charge < -0.3 is 10.2 Å². The Hall–Kier alpha value is -1.44. The first kappa shape index (κ1) is 14.6. The lowest BCUT2D eigenvalue weighted by molar-refractivity contribution is -0.139. The Morgan fingerprint density at radius 3 is 2.33 bits per heavy atom. The number of aryl methyl sites for hydroxylation is 1. The van der Waals surface area contributed by atoms with Crippen LogP contribution in [0.25, 0.3) is 0 Å². The molecular formula is C11H15NO5S. The Balaban J connectivity index is 2.93. The van der Waals surface area contributed by atoms with E-state index in [1.165, 1.54) is 12.1 Å². The third kappa shape index (κ3) is 3.80. The number of nitrogens with one attached hydrogen (secondary N) is 1. The van der Waals surface area contributed by atoms with E-state index in [0.29, 0.717) is 0 Å². The van der Waals surface area contributed by atoms with E-state index in [-0.39, 0.29) is 11.3 Å². The van der Waals surface area contributed by atoms with E-state index in [1.54, 1.807) is 12.1 Å². The summed E-state index contributed by atoms with van der Waals surface area (Å²) in [5, 5.41) is 17.5. The summed E-state index contributed by atoms with van der Waals surface area (Å²) >= 11 is 0. The molecule has 0 fully saturated rings. The molecule has 3 N–H and O–H groups in total. The summed E-state index contributed by atoms with van der Waals surface area (Å²) in [7, 11) is -3.89. The van der Waals surface area contributed by atoms with Gasteiger partial charge in [-0.05, 0) is 25.5 Å². The molecule has 0 saturated carbocycles. The molecule has 0 saturated heterocycles. The summed E-state index contributed by atoms with van der Waals surface area (Å²) in [6, 6.07) is 4.71. The van der Waals surface area contributed by atoms with Crippen molar-refractivity contribution in [3.8, 4) is 0 Å². The van der Waals surface area contributed by atoms with Crippen LogP contribution in [0.2, 0.25) is 0 Å². The topological polar surface area (TPSA) is 104 Å². The number of carboxylic acid groups (broad SMARTS) is 1. The van der Waals surface area contributed by atoms with E-state index < -0.39 is 28.6 Å². The lowest BCUT2D eigenvalue weighted by Crippen LogP contribution is -2.41. The number of sulfonamides is 1. The van der Waals surface area contributed by atoms with Gasteiger partial charge in [-0.3, -0.25) is 4.79 Å². The molecule has 0 unspecified atom stereocenters. The van der Waals surface area contributed by atoms with Gasteiger partial charge in [-0.15, -0.1) is 0 Å². The molecule has 0 aliphatic carbocycles. The molecule has 0 spiro atoms. The molecule has 0 aromatic heterocycles. The zero-order valence-electron chi connectivity index (χ0n) is 9.83. The molecule has 1 aromatic rings. The highest BCUT2D eigenvalue weighted by Crippen LogP contribution is 2.11. The summed E-state index contributed by atoms with van der Waals surface area (Å²) in [4.78, 5) is 10.8. The van der Waals surface area contributed by atoms with E-state index in [9.17, 15) is 13.2 Å². The lowest BCUT2D eigenvalue weighted by atomic mass is 10.2. The number of carboxylic acids is 1. The summed E-state index contributed by atoms with van der Waals surface area (Å²) < 4.78 is 25.8. The number of aliphatic hydroxyl groups is 1. The SMILES string of the molecule is Cc1ccc(S(=O)(=O)N[C@@H](CCO)C(=O)O)cc1. The van der Waals surface area contributed by atoms with Crippen LogP contribution in [0.4, 0.5) is 0 Å². The number of hydrogen-bond acceptors (Lipinski definition) is 4. The van der Waals surface area contributed by atoms with Crippen LogP contribution in [0.1, 0.15) is 12.0 Å². The summed E-state index contributed by atoms with van der Waals surface area (Å²) in [5.74, 6) is -1.32. The average Bonchev–Trinajstić information content (AvgIpc) is 2.28. The standard InChI is InChI=1S/C11H15NO5S/c1-8-2-4-9(5-3-8)18(16,17)12-10(6-7-13)11(14)15/h2-5,10,12-13H,6-7H2,1H3,(H,14,15)/t10-/m0/s1. The average molecular weight is 273 g/mol. The molecule has 0 aliphatic heterocycles. The number of rotatable bonds is 6. The van der Waals surface area contributed by atoms with Gasteiger partial charge in [0.05, 0.1) is 4.90 Å². The first-order valence-electron chi connectivity index (χ1n) is 5.29. The number of carbonyl (C=O) groups is 1. The zero-order chi connectivity index (χ0) is 13.8. The van der Waals surface area contributed by atoms with Crippen LogP contribution in [0.5, 0.6) is 0 Å². The summed E-state index contributed by atoms with van der Waals surface area (Å²) in [6.45, 7) is 1.41. The van der Waals surface area contributed by atoms with Crippen molar-refractivity contribution in [2.75, 3.05) is 6.61 Å². The van der Waals surface area contributed by atoms with Crippen LogP contribution >= 0.6 is 0 Å². The van der Waals surface area contributed by atoms with Crippen molar-refractivity contribution in [3.05, 3.63) is 29.8 Å². The van der Waals surface area contributed by atoms with Crippen molar-refractivity contribution in [2.45, 2.75) is 24.3 Å². The van der Waals surface area contributed by atoms with E-state index in [2.05, 4.69) is 0 Å². The van der Waals surface area contributed by atoms with Crippen LogP contribution in [-0.2, 0) is 14.8 Å². The van der Waals surface area contributed by atoms with Gasteiger partial charge in [0.25, 0.3) is 0 Å². The Kier molecular flexibility index (Phi) is 4.83. The first-order chi connectivity index (χ1) is 8.36. The largest absolute Gasteiger partial charge is 0.480 e. The molecule has 0 amide bonds. The smallest absolute Gasteiger partial charge is 0.321 e. The monoisotopic (exact) mass is 273 g/mol. The minimum absolute atomic E-state index is 0.00251. The van der Waals surface area contributed by atoms with Crippen LogP contribution in [0.15, 0.2) is 29.2 Å². The molecule has 6 nitrogen and oxygen atoms in total. The van der Waals surface area contributed by atoms with Gasteiger partial charge in [-0.1, -0.05) is 17.7 Å². The van der Waals surface area contributed by atoms with Crippen molar-refractivity contribution in [2.24, 2.45) is 0 Å². The minimum atomic E-state index is -3.89. The predicted molar refractivity (Wildman–Crippen MR) is 64.6 cm³/mol. The highest BCUT2D eigenvalue weighted by Gasteiger charge is 2.24. The van der Waals surface area contributed by atoms with Gasteiger partial charge in [0.2, 0.25) is 10.0 Å². The zero-order valence-corrected chi connectivity index (χ0v) is 10.6. The number of aliphatic carboxylic acids is 1. The van der Waals surface area contributed by atoms with Crippen LogP contribution in [-0.4, -0.2) is 37.2 Å². The normalized spacial score (nSPS) is 13.2. The van der Waals surface area contributed by atoms with Gasteiger partial charge in [-0.2, -0.15) is 4.72 Å². The molecule has 1 rings (SSSR count). The van der Waals surface area contributed by atoms with E-state index in [4.69, 9.17) is 10.2 Å². The van der Waals surface area contributed by atoms with Gasteiger partial charge in [-0.25, -0.2) is 8.42 Å². The Bertz CT molecular complexity index is 509. The number of hydrogen-bond donors (Lipinski definition) is 3. The summed E-state index contributed by atoms with van der Waals surface area (Å²) in [5.41, 5.74) is 0.902. The van der Waals surface area contributed by atoms with Gasteiger partial charge in [0.15, 0.2) is 0 Å². The quantitative estimate of drug-likeness (QED) is 0.682. The van der Waals surface area contributed by atoms with Gasteiger partial charge >= 0.3 is 5.97 Å². The molecule has 0 radical (unpaired) electrons. The Morgan fingerprint density at radius 1 is 1.33 bits per heavy atom. The molecule has 100 valence electrons. The highest BCUT2D eigenvalue weighted by atomic mass is 32.2. The van der Waals surface area contributed by atoms with Crippen molar-refractivity contribution in [1.82, 2.24) is 4.72 Å². The second-order valence-corrected chi connectivity index (χ2v) is 5.55. The molecule has 1 aromatic carbocycles. The number of aliphatic hydroxyl groups excluding tert-OH is 1. The van der Waals surface area contributed by atoms with Crippen molar-refractivity contribution < 1.29 is 23.4 Å². The molecule has 7 heteroatoms. The fourth-order valence-electron chi connectivity index (χ4n) is 1.33. The highest BCUT2D eigenvalue weighted by molar-refractivity contribution is 7.89. The number of benzene rings is 1. The van der Waals surface area contributed by atoms with Crippen molar-refractivity contribution >= 4 is 16.0 Å². The predicted octanol–water partition coefficient (Wildman–Crippen LogP) is 0.109. The van der Waals surface area contributed by atoms with Gasteiger partial charge in [0, 0.05) is 6.61 Å². The lowest BCUT2D eigenvalue weighted by Gasteiger charge is -2.13. The van der Waals surface area contributed by atoms with Crippen molar-refractivity contribution in [1.29, 1.82) is 0 Å². The second kappa shape index (κ2) is 5.94. The van der Waals surface area contributed by atoms with E-state index in [1.807, 2.05) is 11.6 Å². The minimum Gasteiger partial charge on any atom is -0.480 e. The maximum absolute atomic E-state index is 11.9.